The van der Waals surface area contributed by atoms with E-state index in [1.54, 1.807) is 44.2 Å². The van der Waals surface area contributed by atoms with Gasteiger partial charge in [-0.1, -0.05) is 18.2 Å². The largest absolute Gasteiger partial charge is 0.462 e. The maximum Gasteiger partial charge on any atom is 0.459 e. The summed E-state index contributed by atoms with van der Waals surface area (Å²) in [4.78, 5) is 38.8. The fraction of sp³-hybridized carbons (Fsp3) is 0.450. The molecule has 2 aromatic rings. The average Bonchev–Trinajstić information content (AvgIpc) is 3.05. The molecule has 1 fully saturated rings. The van der Waals surface area contributed by atoms with Gasteiger partial charge in [-0.3, -0.25) is 23.7 Å². The van der Waals surface area contributed by atoms with Gasteiger partial charge in [-0.25, -0.2) is 19.3 Å². The minimum absolute atomic E-state index is 0.221. The van der Waals surface area contributed by atoms with Crippen molar-refractivity contribution >= 4 is 13.7 Å². The van der Waals surface area contributed by atoms with Crippen LogP contribution in [0.15, 0.2) is 52.2 Å². The number of esters is 1. The van der Waals surface area contributed by atoms with Gasteiger partial charge in [0.25, 0.3) is 5.56 Å². The lowest BCUT2D eigenvalue weighted by molar-refractivity contribution is -0.146. The molecule has 2 heterocycles. The van der Waals surface area contributed by atoms with Gasteiger partial charge in [0.15, 0.2) is 6.35 Å². The van der Waals surface area contributed by atoms with Crippen LogP contribution in [0.25, 0.3) is 0 Å². The summed E-state index contributed by atoms with van der Waals surface area (Å²) in [7, 11) is -2.63. The number of aromatic amines is 1. The van der Waals surface area contributed by atoms with Crippen LogP contribution in [0.2, 0.25) is 0 Å². The van der Waals surface area contributed by atoms with Gasteiger partial charge in [0.1, 0.15) is 24.6 Å². The van der Waals surface area contributed by atoms with E-state index in [9.17, 15) is 24.1 Å². The van der Waals surface area contributed by atoms with Crippen LogP contribution in [0.3, 0.4) is 0 Å². The number of rotatable bonds is 10. The number of carbonyl (C=O) groups is 1. The Morgan fingerprint density at radius 2 is 1.97 bits per heavy atom. The number of nitrogens with zero attached hydrogens (tertiary/aromatic N) is 2. The van der Waals surface area contributed by atoms with Crippen molar-refractivity contribution in [1.29, 1.82) is 0 Å². The van der Waals surface area contributed by atoms with Crippen LogP contribution in [-0.2, 0) is 23.4 Å². The smallest absolute Gasteiger partial charge is 0.459 e. The molecular weight excluding hydrogens is 471 g/mol. The summed E-state index contributed by atoms with van der Waals surface area (Å²) >= 11 is 0. The maximum atomic E-state index is 13.4. The molecule has 0 bridgehead atoms. The van der Waals surface area contributed by atoms with Gasteiger partial charge in [-0.2, -0.15) is 0 Å². The molecule has 3 rings (SSSR count). The molecule has 0 amide bonds. The molecule has 1 unspecified atom stereocenters. The Morgan fingerprint density at radius 3 is 2.62 bits per heavy atom. The molecule has 4 atom stereocenters. The quantitative estimate of drug-likeness (QED) is 0.307. The number of nitrogens with one attached hydrogen (secondary N) is 2. The number of aliphatic hydroxyl groups is 1. The van der Waals surface area contributed by atoms with Crippen LogP contribution in [0.4, 0.5) is 0 Å². The molecule has 3 N–H and O–H groups in total. The lowest BCUT2D eigenvalue weighted by Crippen LogP contribution is -2.39. The number of carbonyl (C=O) groups excluding carboxylic acids is 1. The second kappa shape index (κ2) is 11.1. The highest BCUT2D eigenvalue weighted by Crippen LogP contribution is 2.45. The van der Waals surface area contributed by atoms with Crippen molar-refractivity contribution in [2.24, 2.45) is 0 Å². The molecule has 0 spiro atoms. The molecule has 1 aromatic heterocycles. The van der Waals surface area contributed by atoms with E-state index in [0.29, 0.717) is 0 Å². The van der Waals surface area contributed by atoms with Gasteiger partial charge in [0.05, 0.1) is 12.7 Å². The number of benzene rings is 1. The molecule has 0 saturated carbocycles. The van der Waals surface area contributed by atoms with Gasteiger partial charge in [0, 0.05) is 12.3 Å². The topological polar surface area (TPSA) is 161 Å². The minimum atomic E-state index is -4.12. The molecule has 186 valence electrons. The van der Waals surface area contributed by atoms with Crippen LogP contribution < -0.4 is 20.9 Å². The van der Waals surface area contributed by atoms with Gasteiger partial charge in [-0.05, 0) is 33.0 Å². The van der Waals surface area contributed by atoms with Crippen molar-refractivity contribution in [3.05, 3.63) is 63.4 Å². The molecule has 0 aliphatic carbocycles. The summed E-state index contributed by atoms with van der Waals surface area (Å²) in [6.45, 7) is 2.48. The number of likely N-dealkylation sites (N-methyl/N-ethyl adjacent to an activating group) is 1. The maximum absolute atomic E-state index is 13.4. The number of hydrogen-bond donors (Lipinski definition) is 3. The van der Waals surface area contributed by atoms with E-state index in [1.165, 1.54) is 18.1 Å². The SMILES string of the molecule is CC(C)OC(=O)CNP(=O)(OC[C@H]1O[C@@H](n2ccc(=O)[nH]c2=O)N(C)[C@@H]1O)Oc1ccccc1. The van der Waals surface area contributed by atoms with Crippen molar-refractivity contribution in [2.45, 2.75) is 38.6 Å². The van der Waals surface area contributed by atoms with Gasteiger partial charge < -0.3 is 19.1 Å². The number of aromatic nitrogens is 2. The Labute approximate surface area is 194 Å². The Hall–Kier alpha value is -2.80. The van der Waals surface area contributed by atoms with E-state index in [4.69, 9.17) is 18.5 Å². The second-order valence-corrected chi connectivity index (χ2v) is 9.42. The Morgan fingerprint density at radius 1 is 1.26 bits per heavy atom. The van der Waals surface area contributed by atoms with E-state index in [1.807, 2.05) is 0 Å². The van der Waals surface area contributed by atoms with Crippen LogP contribution in [0, 0.1) is 0 Å². The summed E-state index contributed by atoms with van der Waals surface area (Å²) in [6, 6.07) is 9.31. The first kappa shape index (κ1) is 25.8. The average molecular weight is 498 g/mol. The monoisotopic (exact) mass is 498 g/mol. The third kappa shape index (κ3) is 6.63. The van der Waals surface area contributed by atoms with Crippen LogP contribution >= 0.6 is 7.75 Å². The van der Waals surface area contributed by atoms with Gasteiger partial charge in [0.2, 0.25) is 0 Å². The van der Waals surface area contributed by atoms with E-state index >= 15 is 0 Å². The van der Waals surface area contributed by atoms with E-state index < -0.39 is 56.8 Å². The normalized spacial score (nSPS) is 22.4. The second-order valence-electron chi connectivity index (χ2n) is 7.67. The molecule has 14 heteroatoms. The summed E-state index contributed by atoms with van der Waals surface area (Å²) in [5, 5.41) is 13.0. The third-order valence-corrected chi connectivity index (χ3v) is 6.13. The summed E-state index contributed by atoms with van der Waals surface area (Å²) < 4.78 is 36.1. The summed E-state index contributed by atoms with van der Waals surface area (Å²) in [5.41, 5.74) is -1.31. The zero-order valence-corrected chi connectivity index (χ0v) is 19.7. The van der Waals surface area contributed by atoms with Crippen molar-refractivity contribution in [2.75, 3.05) is 20.2 Å². The fourth-order valence-corrected chi connectivity index (χ4v) is 4.34. The molecule has 1 aromatic carbocycles. The molecule has 13 nitrogen and oxygen atoms in total. The molecule has 0 radical (unpaired) electrons. The van der Waals surface area contributed by atoms with Crippen molar-refractivity contribution in [3.63, 3.8) is 0 Å². The standard InChI is InChI=1S/C20H27N4O9P/c1-13(2)31-17(26)11-21-34(29,33-14-7-5-4-6-8-14)30-12-15-18(27)23(3)20(32-15)24-10-9-16(25)22-19(24)28/h4-10,13,15,18,20,27H,11-12H2,1-3H3,(H,21,29)(H,22,25,28)/t15-,18-,20-,34?/m1/s1. The Bertz CT molecular complexity index is 1140. The number of aliphatic hydroxyl groups excluding tert-OH is 1. The Kier molecular flexibility index (Phi) is 8.42. The first-order valence-electron chi connectivity index (χ1n) is 10.4. The van der Waals surface area contributed by atoms with Crippen LogP contribution in [0.5, 0.6) is 5.75 Å². The van der Waals surface area contributed by atoms with Gasteiger partial charge in [-0.15, -0.1) is 0 Å². The molecule has 1 aliphatic heterocycles. The van der Waals surface area contributed by atoms with Crippen molar-refractivity contribution in [3.8, 4) is 5.75 Å². The van der Waals surface area contributed by atoms with E-state index in [0.717, 1.165) is 10.6 Å². The van der Waals surface area contributed by atoms with E-state index in [-0.39, 0.29) is 11.9 Å². The van der Waals surface area contributed by atoms with Crippen molar-refractivity contribution < 1.29 is 33.0 Å². The van der Waals surface area contributed by atoms with Crippen LogP contribution in [-0.4, -0.2) is 64.2 Å². The minimum Gasteiger partial charge on any atom is -0.462 e. The number of H-pyrrole nitrogens is 1. The van der Waals surface area contributed by atoms with Gasteiger partial charge >= 0.3 is 19.4 Å². The highest BCUT2D eigenvalue weighted by atomic mass is 31.2. The first-order valence-corrected chi connectivity index (χ1v) is 11.9. The molecular formula is C20H27N4O9P. The van der Waals surface area contributed by atoms with Crippen LogP contribution in [0.1, 0.15) is 20.2 Å². The summed E-state index contributed by atoms with van der Waals surface area (Å²) in [5.74, 6) is -0.442. The Balaban J connectivity index is 1.71. The summed E-state index contributed by atoms with van der Waals surface area (Å²) in [6.07, 6.45) is -2.50. The zero-order valence-electron chi connectivity index (χ0n) is 18.8. The number of ether oxygens (including phenoxy) is 2. The molecule has 34 heavy (non-hydrogen) atoms. The molecule has 1 saturated heterocycles. The third-order valence-electron chi connectivity index (χ3n) is 4.65. The molecule has 1 aliphatic rings. The zero-order chi connectivity index (χ0) is 24.9. The van der Waals surface area contributed by atoms with E-state index in [2.05, 4.69) is 10.1 Å². The predicted molar refractivity (Wildman–Crippen MR) is 119 cm³/mol. The lowest BCUT2D eigenvalue weighted by Gasteiger charge is -2.22. The van der Waals surface area contributed by atoms with Crippen molar-refractivity contribution in [1.82, 2.24) is 19.5 Å². The first-order chi connectivity index (χ1) is 16.1. The number of para-hydroxylation sites is 1. The highest BCUT2D eigenvalue weighted by Gasteiger charge is 2.42. The predicted octanol–water partition coefficient (Wildman–Crippen LogP) is 0.387. The lowest BCUT2D eigenvalue weighted by atomic mass is 10.3. The number of hydrogen-bond acceptors (Lipinski definition) is 10. The highest BCUT2D eigenvalue weighted by molar-refractivity contribution is 7.52. The fourth-order valence-electron chi connectivity index (χ4n) is 3.07.